The van der Waals surface area contributed by atoms with Gasteiger partial charge in [-0.15, -0.1) is 0 Å². The molecule has 1 aliphatic carbocycles. The number of nitrogens with zero attached hydrogens (tertiary/aromatic N) is 2. The molecule has 1 atom stereocenters. The summed E-state index contributed by atoms with van der Waals surface area (Å²) in [6.07, 6.45) is 6.78. The van der Waals surface area contributed by atoms with Crippen molar-refractivity contribution in [1.82, 2.24) is 14.9 Å². The molecule has 0 aliphatic heterocycles. The Bertz CT molecular complexity index is 436. The van der Waals surface area contributed by atoms with Crippen molar-refractivity contribution in [2.45, 2.75) is 51.7 Å². The van der Waals surface area contributed by atoms with Crippen LogP contribution in [0.15, 0.2) is 12.4 Å². The van der Waals surface area contributed by atoms with Gasteiger partial charge in [0, 0.05) is 25.5 Å². The van der Waals surface area contributed by atoms with E-state index in [0.29, 0.717) is 25.3 Å². The molecule has 0 bridgehead atoms. The van der Waals surface area contributed by atoms with Crippen molar-refractivity contribution in [1.29, 1.82) is 0 Å². The third-order valence-corrected chi connectivity index (χ3v) is 3.90. The maximum Gasteiger partial charge on any atom is 0.251 e. The molecule has 1 aromatic rings. The molecule has 5 nitrogen and oxygen atoms in total. The fourth-order valence-corrected chi connectivity index (χ4v) is 2.62. The lowest BCUT2D eigenvalue weighted by atomic mass is 10.0. The van der Waals surface area contributed by atoms with Crippen molar-refractivity contribution < 1.29 is 9.90 Å². The molecule has 19 heavy (non-hydrogen) atoms. The van der Waals surface area contributed by atoms with E-state index in [1.807, 2.05) is 13.1 Å². The van der Waals surface area contributed by atoms with Crippen molar-refractivity contribution in [3.63, 3.8) is 0 Å². The smallest absolute Gasteiger partial charge is 0.251 e. The lowest BCUT2D eigenvalue weighted by Crippen LogP contribution is -2.46. The lowest BCUT2D eigenvalue weighted by Gasteiger charge is -2.22. The van der Waals surface area contributed by atoms with E-state index in [0.717, 1.165) is 25.2 Å². The molecular formula is C14H23N3O2. The van der Waals surface area contributed by atoms with Crippen LogP contribution in [0, 0.1) is 12.8 Å². The Morgan fingerprint density at radius 1 is 1.58 bits per heavy atom. The summed E-state index contributed by atoms with van der Waals surface area (Å²) in [6, 6.07) is 0. The highest BCUT2D eigenvalue weighted by atomic mass is 16.3. The van der Waals surface area contributed by atoms with E-state index < -0.39 is 5.60 Å². The number of aromatic nitrogens is 2. The van der Waals surface area contributed by atoms with Gasteiger partial charge in [-0.05, 0) is 38.5 Å². The van der Waals surface area contributed by atoms with Crippen LogP contribution in [0.4, 0.5) is 0 Å². The molecule has 1 amide bonds. The maximum atomic E-state index is 12.0. The molecule has 1 unspecified atom stereocenters. The molecule has 0 spiro atoms. The Hall–Kier alpha value is -1.36. The quantitative estimate of drug-likeness (QED) is 0.842. The van der Waals surface area contributed by atoms with Gasteiger partial charge >= 0.3 is 0 Å². The van der Waals surface area contributed by atoms with Crippen LogP contribution in [0.3, 0.4) is 0 Å². The number of carbonyl (C=O) groups excluding carboxylic acids is 1. The van der Waals surface area contributed by atoms with E-state index in [2.05, 4.69) is 21.8 Å². The van der Waals surface area contributed by atoms with E-state index in [9.17, 15) is 9.90 Å². The van der Waals surface area contributed by atoms with Gasteiger partial charge in [0.2, 0.25) is 0 Å². The summed E-state index contributed by atoms with van der Waals surface area (Å²) in [5, 5.41) is 13.0. The van der Waals surface area contributed by atoms with Gasteiger partial charge in [0.15, 0.2) is 0 Å². The number of aryl methyl sites for hydroxylation is 1. The minimum atomic E-state index is -1.12. The molecule has 1 aromatic heterocycles. The molecular weight excluding hydrogens is 242 g/mol. The van der Waals surface area contributed by atoms with Gasteiger partial charge in [-0.3, -0.25) is 4.79 Å². The normalized spacial score (nSPS) is 19.3. The first-order valence-electron chi connectivity index (χ1n) is 7.00. The van der Waals surface area contributed by atoms with Crippen LogP contribution in [0.2, 0.25) is 0 Å². The molecule has 0 aromatic carbocycles. The van der Waals surface area contributed by atoms with Crippen molar-refractivity contribution >= 4 is 5.91 Å². The number of nitrogens with one attached hydrogen (secondary N) is 1. The highest BCUT2D eigenvalue weighted by molar-refractivity contribution is 5.85. The Kier molecular flexibility index (Phi) is 4.24. The molecule has 2 N–H and O–H groups in total. The second-order valence-corrected chi connectivity index (χ2v) is 5.68. The van der Waals surface area contributed by atoms with Gasteiger partial charge in [-0.25, -0.2) is 4.98 Å². The van der Waals surface area contributed by atoms with Gasteiger partial charge < -0.3 is 15.0 Å². The fraction of sp³-hybridized carbons (Fsp3) is 0.714. The average molecular weight is 265 g/mol. The molecule has 1 saturated carbocycles. The van der Waals surface area contributed by atoms with E-state index in [-0.39, 0.29) is 5.91 Å². The van der Waals surface area contributed by atoms with Crippen molar-refractivity contribution in [3.8, 4) is 0 Å². The number of imidazole rings is 1. The standard InChI is InChI=1S/C14H23N3O2/c1-11(10-17-8-7-15-12(17)2)9-16-13(18)14(19)5-3-4-6-14/h7-8,11,19H,3-6,9-10H2,1-2H3,(H,16,18). The maximum absolute atomic E-state index is 12.0. The topological polar surface area (TPSA) is 67.2 Å². The second-order valence-electron chi connectivity index (χ2n) is 5.68. The van der Waals surface area contributed by atoms with E-state index >= 15 is 0 Å². The molecule has 106 valence electrons. The molecule has 0 saturated heterocycles. The van der Waals surface area contributed by atoms with E-state index in [1.54, 1.807) is 6.20 Å². The monoisotopic (exact) mass is 265 g/mol. The van der Waals surface area contributed by atoms with Gasteiger partial charge in [-0.2, -0.15) is 0 Å². The SMILES string of the molecule is Cc1nccn1CC(C)CNC(=O)C1(O)CCCC1. The number of carbonyl (C=O) groups is 1. The fourth-order valence-electron chi connectivity index (χ4n) is 2.62. The van der Waals surface area contributed by atoms with Crippen molar-refractivity contribution in [2.75, 3.05) is 6.54 Å². The second kappa shape index (κ2) is 5.74. The van der Waals surface area contributed by atoms with Crippen LogP contribution in [0.5, 0.6) is 0 Å². The largest absolute Gasteiger partial charge is 0.380 e. The van der Waals surface area contributed by atoms with Crippen molar-refractivity contribution in [3.05, 3.63) is 18.2 Å². The molecule has 2 rings (SSSR count). The van der Waals surface area contributed by atoms with Crippen LogP contribution in [-0.2, 0) is 11.3 Å². The zero-order valence-corrected chi connectivity index (χ0v) is 11.7. The summed E-state index contributed by atoms with van der Waals surface area (Å²) in [6.45, 7) is 5.45. The minimum Gasteiger partial charge on any atom is -0.380 e. The van der Waals surface area contributed by atoms with Gasteiger partial charge in [-0.1, -0.05) is 6.92 Å². The number of rotatable bonds is 5. The van der Waals surface area contributed by atoms with E-state index in [1.165, 1.54) is 0 Å². The summed E-state index contributed by atoms with van der Waals surface area (Å²) in [5.74, 6) is 1.08. The van der Waals surface area contributed by atoms with Gasteiger partial charge in [0.05, 0.1) is 0 Å². The van der Waals surface area contributed by atoms with Crippen LogP contribution < -0.4 is 5.32 Å². The lowest BCUT2D eigenvalue weighted by molar-refractivity contribution is -0.139. The van der Waals surface area contributed by atoms with Crippen LogP contribution >= 0.6 is 0 Å². The number of aliphatic hydroxyl groups is 1. The summed E-state index contributed by atoms with van der Waals surface area (Å²) in [5.41, 5.74) is -1.12. The summed E-state index contributed by atoms with van der Waals surface area (Å²) >= 11 is 0. The molecule has 5 heteroatoms. The first-order valence-corrected chi connectivity index (χ1v) is 7.00. The summed E-state index contributed by atoms with van der Waals surface area (Å²) in [4.78, 5) is 16.1. The highest BCUT2D eigenvalue weighted by Crippen LogP contribution is 2.29. The van der Waals surface area contributed by atoms with Gasteiger partial charge in [0.25, 0.3) is 5.91 Å². The zero-order valence-electron chi connectivity index (χ0n) is 11.7. The Morgan fingerprint density at radius 3 is 2.84 bits per heavy atom. The predicted octanol–water partition coefficient (Wildman–Crippen LogP) is 1.25. The Balaban J connectivity index is 1.79. The molecule has 1 aliphatic rings. The van der Waals surface area contributed by atoms with Crippen LogP contribution in [-0.4, -0.2) is 32.7 Å². The first kappa shape index (κ1) is 14.1. The number of hydrogen-bond donors (Lipinski definition) is 2. The Morgan fingerprint density at radius 2 is 2.26 bits per heavy atom. The minimum absolute atomic E-state index is 0.209. The first-order chi connectivity index (χ1) is 9.01. The Labute approximate surface area is 114 Å². The van der Waals surface area contributed by atoms with Crippen LogP contribution in [0.25, 0.3) is 0 Å². The number of amides is 1. The average Bonchev–Trinajstić information content (AvgIpc) is 2.97. The van der Waals surface area contributed by atoms with Crippen LogP contribution in [0.1, 0.15) is 38.4 Å². The predicted molar refractivity (Wildman–Crippen MR) is 72.6 cm³/mol. The summed E-state index contributed by atoms with van der Waals surface area (Å²) < 4.78 is 2.07. The van der Waals surface area contributed by atoms with Crippen molar-refractivity contribution in [2.24, 2.45) is 5.92 Å². The van der Waals surface area contributed by atoms with Gasteiger partial charge in [0.1, 0.15) is 11.4 Å². The highest BCUT2D eigenvalue weighted by Gasteiger charge is 2.38. The molecule has 1 heterocycles. The third kappa shape index (κ3) is 3.35. The summed E-state index contributed by atoms with van der Waals surface area (Å²) in [7, 11) is 0. The number of hydrogen-bond acceptors (Lipinski definition) is 3. The molecule has 0 radical (unpaired) electrons. The van der Waals surface area contributed by atoms with E-state index in [4.69, 9.17) is 0 Å². The zero-order chi connectivity index (χ0) is 13.9. The third-order valence-electron chi connectivity index (χ3n) is 3.90. The molecule has 1 fully saturated rings.